The van der Waals surface area contributed by atoms with Crippen molar-refractivity contribution >= 4 is 15.5 Å². The van der Waals surface area contributed by atoms with Gasteiger partial charge in [-0.1, -0.05) is 18.2 Å². The number of anilines is 1. The first kappa shape index (κ1) is 25.9. The Hall–Kier alpha value is -2.18. The van der Waals surface area contributed by atoms with Gasteiger partial charge in [0, 0.05) is 51.2 Å². The van der Waals surface area contributed by atoms with E-state index in [9.17, 15) is 26.7 Å². The van der Waals surface area contributed by atoms with Gasteiger partial charge in [0.2, 0.25) is 0 Å². The molecule has 2 aliphatic heterocycles. The number of sulfone groups is 1. The van der Waals surface area contributed by atoms with E-state index in [4.69, 9.17) is 4.74 Å². The van der Waals surface area contributed by atoms with Crippen LogP contribution in [0.25, 0.3) is 0 Å². The van der Waals surface area contributed by atoms with E-state index >= 15 is 0 Å². The maximum atomic E-state index is 13.0. The molecule has 2 aromatic carbocycles. The minimum absolute atomic E-state index is 0.249. The second-order valence-corrected chi connectivity index (χ2v) is 11.1. The number of halogens is 3. The summed E-state index contributed by atoms with van der Waals surface area (Å²) in [5.74, 6) is 0. The maximum absolute atomic E-state index is 13.0. The average molecular weight is 514 g/mol. The highest BCUT2D eigenvalue weighted by atomic mass is 32.2. The standard InChI is InChI=1S/C24H30F3N3O4S/c1-35(32,33)20-7-5-17(6-8-20)14-28-21-16-34-22(23(21)31)15-29-9-11-30(12-10-29)19-4-2-3-18(13-19)24(25,26)27/h2-8,13,21-23,28,31H,9-12,14-16H2,1H3/t21-,22-,23+/m0/s1. The first-order chi connectivity index (χ1) is 16.5. The van der Waals surface area contributed by atoms with Gasteiger partial charge in [-0.3, -0.25) is 4.90 Å². The molecule has 0 radical (unpaired) electrons. The number of hydrogen-bond donors (Lipinski definition) is 2. The van der Waals surface area contributed by atoms with Crippen LogP contribution < -0.4 is 10.2 Å². The van der Waals surface area contributed by atoms with Gasteiger partial charge in [-0.05, 0) is 35.9 Å². The van der Waals surface area contributed by atoms with Crippen LogP contribution in [0.4, 0.5) is 18.9 Å². The van der Waals surface area contributed by atoms with E-state index in [2.05, 4.69) is 10.2 Å². The highest BCUT2D eigenvalue weighted by Crippen LogP contribution is 2.32. The fourth-order valence-corrected chi connectivity index (χ4v) is 5.08. The van der Waals surface area contributed by atoms with Gasteiger partial charge in [0.15, 0.2) is 9.84 Å². The third-order valence-corrected chi connectivity index (χ3v) is 7.68. The molecular weight excluding hydrogens is 483 g/mol. The van der Waals surface area contributed by atoms with Gasteiger partial charge < -0.3 is 20.1 Å². The normalized spacial score (nSPS) is 24.1. The van der Waals surface area contributed by atoms with Gasteiger partial charge in [-0.2, -0.15) is 13.2 Å². The first-order valence-electron chi connectivity index (χ1n) is 11.5. The van der Waals surface area contributed by atoms with Crippen molar-refractivity contribution < 1.29 is 31.4 Å². The number of piperazine rings is 1. The number of aliphatic hydroxyl groups is 1. The Morgan fingerprint density at radius 1 is 1.09 bits per heavy atom. The van der Waals surface area contributed by atoms with Gasteiger partial charge in [0.25, 0.3) is 0 Å². The Kier molecular flexibility index (Phi) is 7.72. The molecule has 2 aliphatic rings. The molecule has 0 saturated carbocycles. The molecule has 7 nitrogen and oxygen atoms in total. The molecule has 2 saturated heterocycles. The summed E-state index contributed by atoms with van der Waals surface area (Å²) in [5, 5.41) is 14.0. The van der Waals surface area contributed by atoms with E-state index in [1.165, 1.54) is 12.1 Å². The zero-order valence-corrected chi connectivity index (χ0v) is 20.2. The molecule has 2 fully saturated rings. The minimum atomic E-state index is -4.36. The second kappa shape index (κ2) is 10.4. The van der Waals surface area contributed by atoms with Crippen LogP contribution in [0.3, 0.4) is 0 Å². The Morgan fingerprint density at radius 2 is 1.77 bits per heavy atom. The summed E-state index contributed by atoms with van der Waals surface area (Å²) in [7, 11) is -3.24. The molecule has 3 atom stereocenters. The van der Waals surface area contributed by atoms with Crippen molar-refractivity contribution in [2.24, 2.45) is 0 Å². The van der Waals surface area contributed by atoms with Crippen LogP contribution in [0.15, 0.2) is 53.4 Å². The van der Waals surface area contributed by atoms with Gasteiger partial charge in [-0.15, -0.1) is 0 Å². The summed E-state index contributed by atoms with van der Waals surface area (Å²) < 4.78 is 68.0. The smallest absolute Gasteiger partial charge is 0.389 e. The van der Waals surface area contributed by atoms with Gasteiger partial charge in [0.05, 0.1) is 35.3 Å². The van der Waals surface area contributed by atoms with Gasteiger partial charge in [0.1, 0.15) is 0 Å². The van der Waals surface area contributed by atoms with Crippen molar-refractivity contribution in [1.82, 2.24) is 10.2 Å². The summed E-state index contributed by atoms with van der Waals surface area (Å²) in [6.45, 7) is 3.87. The molecule has 0 aliphatic carbocycles. The largest absolute Gasteiger partial charge is 0.416 e. The number of aliphatic hydroxyl groups excluding tert-OH is 1. The topological polar surface area (TPSA) is 82.1 Å². The fraction of sp³-hybridized carbons (Fsp3) is 0.500. The van der Waals surface area contributed by atoms with Crippen LogP contribution in [0, 0.1) is 0 Å². The van der Waals surface area contributed by atoms with Crippen LogP contribution >= 0.6 is 0 Å². The van der Waals surface area contributed by atoms with Crippen molar-refractivity contribution in [2.75, 3.05) is 50.5 Å². The monoisotopic (exact) mass is 513 g/mol. The molecular formula is C24H30F3N3O4S. The molecule has 0 aromatic heterocycles. The number of benzene rings is 2. The minimum Gasteiger partial charge on any atom is -0.389 e. The highest BCUT2D eigenvalue weighted by Gasteiger charge is 2.37. The summed E-state index contributed by atoms with van der Waals surface area (Å²) in [5.41, 5.74) is 0.814. The molecule has 0 unspecified atom stereocenters. The molecule has 0 amide bonds. The van der Waals surface area contributed by atoms with Gasteiger partial charge in [-0.25, -0.2) is 8.42 Å². The predicted octanol–water partition coefficient (Wildman–Crippen LogP) is 2.15. The highest BCUT2D eigenvalue weighted by molar-refractivity contribution is 7.90. The van der Waals surface area contributed by atoms with Crippen LogP contribution in [0.1, 0.15) is 11.1 Å². The van der Waals surface area contributed by atoms with E-state index in [0.717, 1.165) is 17.9 Å². The lowest BCUT2D eigenvalue weighted by Gasteiger charge is -2.37. The molecule has 4 rings (SSSR count). The van der Waals surface area contributed by atoms with E-state index < -0.39 is 27.7 Å². The van der Waals surface area contributed by atoms with Crippen LogP contribution in [0.2, 0.25) is 0 Å². The van der Waals surface area contributed by atoms with Crippen molar-refractivity contribution in [3.8, 4) is 0 Å². The summed E-state index contributed by atoms with van der Waals surface area (Å²) in [4.78, 5) is 4.36. The fourth-order valence-electron chi connectivity index (χ4n) is 4.45. The number of rotatable bonds is 7. The molecule has 35 heavy (non-hydrogen) atoms. The summed E-state index contributed by atoms with van der Waals surface area (Å²) in [6, 6.07) is 11.8. The van der Waals surface area contributed by atoms with Crippen molar-refractivity contribution in [3.05, 3.63) is 59.7 Å². The maximum Gasteiger partial charge on any atom is 0.416 e. The first-order valence-corrected chi connectivity index (χ1v) is 13.4. The molecule has 2 heterocycles. The van der Waals surface area contributed by atoms with Crippen molar-refractivity contribution in [2.45, 2.75) is 35.9 Å². The molecule has 0 spiro atoms. The zero-order valence-electron chi connectivity index (χ0n) is 19.4. The number of nitrogens with zero attached hydrogens (tertiary/aromatic N) is 2. The van der Waals surface area contributed by atoms with Crippen molar-refractivity contribution in [3.63, 3.8) is 0 Å². The molecule has 2 N–H and O–H groups in total. The quantitative estimate of drug-likeness (QED) is 0.587. The Labute approximate surface area is 203 Å². The van der Waals surface area contributed by atoms with E-state index in [-0.39, 0.29) is 17.0 Å². The SMILES string of the molecule is CS(=O)(=O)c1ccc(CN[C@H]2CO[C@@H](CN3CCN(c4cccc(C(F)(F)F)c4)CC3)[C@@H]2O)cc1. The van der Waals surface area contributed by atoms with E-state index in [1.54, 1.807) is 30.3 Å². The lowest BCUT2D eigenvalue weighted by atomic mass is 10.1. The molecule has 11 heteroatoms. The summed E-state index contributed by atoms with van der Waals surface area (Å²) in [6.07, 6.45) is -4.26. The van der Waals surface area contributed by atoms with Crippen LogP contribution in [-0.4, -0.2) is 82.3 Å². The summed E-state index contributed by atoms with van der Waals surface area (Å²) >= 11 is 0. The van der Waals surface area contributed by atoms with Crippen LogP contribution in [0.5, 0.6) is 0 Å². The van der Waals surface area contributed by atoms with Gasteiger partial charge >= 0.3 is 6.18 Å². The Bertz CT molecular complexity index is 1100. The second-order valence-electron chi connectivity index (χ2n) is 9.10. The lowest BCUT2D eigenvalue weighted by Crippen LogP contribution is -2.51. The van der Waals surface area contributed by atoms with E-state index in [1.807, 2.05) is 4.90 Å². The Balaban J connectivity index is 1.24. The number of hydrogen-bond acceptors (Lipinski definition) is 7. The number of alkyl halides is 3. The third-order valence-electron chi connectivity index (χ3n) is 6.55. The van der Waals surface area contributed by atoms with Crippen LogP contribution in [-0.2, 0) is 27.3 Å². The third kappa shape index (κ3) is 6.53. The zero-order chi connectivity index (χ0) is 25.2. The molecule has 2 aromatic rings. The molecule has 0 bridgehead atoms. The van der Waals surface area contributed by atoms with Crippen molar-refractivity contribution in [1.29, 1.82) is 0 Å². The number of ether oxygens (including phenoxy) is 1. The predicted molar refractivity (Wildman–Crippen MR) is 126 cm³/mol. The molecule has 192 valence electrons. The lowest BCUT2D eigenvalue weighted by molar-refractivity contribution is -0.137. The Morgan fingerprint density at radius 3 is 2.40 bits per heavy atom. The average Bonchev–Trinajstić information content (AvgIpc) is 3.16. The van der Waals surface area contributed by atoms with E-state index in [0.29, 0.717) is 51.6 Å². The number of nitrogens with one attached hydrogen (secondary N) is 1.